The van der Waals surface area contributed by atoms with Gasteiger partial charge in [0.15, 0.2) is 0 Å². The Morgan fingerprint density at radius 2 is 1.61 bits per heavy atom. The van der Waals surface area contributed by atoms with E-state index in [1.807, 2.05) is 0 Å². The second-order valence-electron chi connectivity index (χ2n) is 6.58. The van der Waals surface area contributed by atoms with Crippen molar-refractivity contribution in [3.8, 4) is 11.5 Å². The smallest absolute Gasteiger partial charge is 0.133 e. The maximum atomic E-state index is 6.07. The van der Waals surface area contributed by atoms with E-state index >= 15 is 0 Å². The van der Waals surface area contributed by atoms with E-state index in [1.165, 1.54) is 16.7 Å². The van der Waals surface area contributed by atoms with Crippen LogP contribution < -0.4 is 10.5 Å². The number of nitrogens with two attached hydrogens (primary N) is 1. The first-order valence-corrected chi connectivity index (χ1v) is 8.43. The first-order chi connectivity index (χ1) is 11.1. The lowest BCUT2D eigenvalue weighted by atomic mass is 10.1. The summed E-state index contributed by atoms with van der Waals surface area (Å²) >= 11 is 0. The zero-order valence-corrected chi connectivity index (χ0v) is 14.1. The molecule has 1 saturated heterocycles. The fourth-order valence-corrected chi connectivity index (χ4v) is 3.11. The van der Waals surface area contributed by atoms with Gasteiger partial charge in [-0.15, -0.1) is 0 Å². The Labute approximate surface area is 139 Å². The summed E-state index contributed by atoms with van der Waals surface area (Å²) in [7, 11) is 0. The van der Waals surface area contributed by atoms with Gasteiger partial charge in [0.05, 0.1) is 0 Å². The third-order valence-corrected chi connectivity index (χ3v) is 4.59. The monoisotopic (exact) mass is 310 g/mol. The van der Waals surface area contributed by atoms with Gasteiger partial charge in [-0.1, -0.05) is 30.3 Å². The first kappa shape index (κ1) is 16.0. The molecule has 23 heavy (non-hydrogen) atoms. The fourth-order valence-electron chi connectivity index (χ4n) is 3.11. The normalized spacial score (nSPS) is 16.5. The summed E-state index contributed by atoms with van der Waals surface area (Å²) in [6.45, 7) is 7.36. The Morgan fingerprint density at radius 3 is 2.22 bits per heavy atom. The Morgan fingerprint density at radius 1 is 1.00 bits per heavy atom. The van der Waals surface area contributed by atoms with E-state index in [0.29, 0.717) is 6.04 Å². The van der Waals surface area contributed by atoms with Crippen molar-refractivity contribution in [3.63, 3.8) is 0 Å². The van der Waals surface area contributed by atoms with Crippen molar-refractivity contribution in [2.24, 2.45) is 5.73 Å². The number of benzene rings is 2. The molecule has 0 unspecified atom stereocenters. The largest absolute Gasteiger partial charge is 0.457 e. The van der Waals surface area contributed by atoms with Crippen LogP contribution in [0.2, 0.25) is 0 Å². The van der Waals surface area contributed by atoms with Crippen LogP contribution in [0.4, 0.5) is 0 Å². The third-order valence-electron chi connectivity index (χ3n) is 4.59. The van der Waals surface area contributed by atoms with E-state index in [2.05, 4.69) is 61.2 Å². The number of ether oxygens (including phenoxy) is 1. The molecular formula is C20H26N2O. The van der Waals surface area contributed by atoms with E-state index in [9.17, 15) is 0 Å². The number of rotatable bonds is 4. The van der Waals surface area contributed by atoms with Crippen molar-refractivity contribution >= 4 is 0 Å². The van der Waals surface area contributed by atoms with E-state index in [0.717, 1.165) is 44.0 Å². The second-order valence-corrected chi connectivity index (χ2v) is 6.58. The molecule has 1 heterocycles. The number of likely N-dealkylation sites (tertiary alicyclic amines) is 1. The van der Waals surface area contributed by atoms with Crippen LogP contribution in [0.15, 0.2) is 42.5 Å². The molecule has 3 nitrogen and oxygen atoms in total. The molecule has 0 saturated carbocycles. The number of piperidine rings is 1. The van der Waals surface area contributed by atoms with Gasteiger partial charge in [-0.25, -0.2) is 0 Å². The highest BCUT2D eigenvalue weighted by atomic mass is 16.5. The van der Waals surface area contributed by atoms with Crippen LogP contribution in [0.3, 0.4) is 0 Å². The molecule has 0 amide bonds. The van der Waals surface area contributed by atoms with Crippen molar-refractivity contribution in [1.29, 1.82) is 0 Å². The van der Waals surface area contributed by atoms with Crippen LogP contribution in [-0.2, 0) is 6.54 Å². The minimum absolute atomic E-state index is 0.388. The molecule has 122 valence electrons. The molecule has 2 N–H and O–H groups in total. The van der Waals surface area contributed by atoms with Gasteiger partial charge in [0, 0.05) is 12.6 Å². The van der Waals surface area contributed by atoms with Gasteiger partial charge in [0.25, 0.3) is 0 Å². The van der Waals surface area contributed by atoms with Gasteiger partial charge in [0.2, 0.25) is 0 Å². The van der Waals surface area contributed by atoms with Crippen molar-refractivity contribution in [2.75, 3.05) is 13.1 Å². The summed E-state index contributed by atoms with van der Waals surface area (Å²) in [5, 5.41) is 0. The van der Waals surface area contributed by atoms with Crippen LogP contribution in [0.1, 0.15) is 29.5 Å². The highest BCUT2D eigenvalue weighted by molar-refractivity contribution is 5.43. The molecule has 0 radical (unpaired) electrons. The Balaban J connectivity index is 1.63. The summed E-state index contributed by atoms with van der Waals surface area (Å²) < 4.78 is 6.07. The molecule has 3 heteroatoms. The maximum Gasteiger partial charge on any atom is 0.133 e. The molecule has 0 spiro atoms. The number of para-hydroxylation sites is 1. The SMILES string of the molecule is Cc1cccc(C)c1Oc1ccc(CN2CCC(N)CC2)cc1. The average molecular weight is 310 g/mol. The van der Waals surface area contributed by atoms with Crippen molar-refractivity contribution in [3.05, 3.63) is 59.2 Å². The topological polar surface area (TPSA) is 38.5 Å². The molecule has 0 aliphatic carbocycles. The maximum absolute atomic E-state index is 6.07. The van der Waals surface area contributed by atoms with Gasteiger partial charge in [-0.05, 0) is 68.6 Å². The highest BCUT2D eigenvalue weighted by Gasteiger charge is 2.15. The number of hydrogen-bond acceptors (Lipinski definition) is 3. The van der Waals surface area contributed by atoms with Crippen LogP contribution in [0.5, 0.6) is 11.5 Å². The van der Waals surface area contributed by atoms with E-state index in [-0.39, 0.29) is 0 Å². The van der Waals surface area contributed by atoms with Crippen molar-refractivity contribution in [1.82, 2.24) is 4.90 Å². The summed E-state index contributed by atoms with van der Waals surface area (Å²) in [4.78, 5) is 2.48. The second kappa shape index (κ2) is 7.16. The lowest BCUT2D eigenvalue weighted by molar-refractivity contribution is 0.205. The Bertz CT molecular complexity index is 623. The molecule has 0 atom stereocenters. The van der Waals surface area contributed by atoms with E-state index in [1.54, 1.807) is 0 Å². The molecule has 1 aliphatic heterocycles. The third kappa shape index (κ3) is 4.12. The predicted molar refractivity (Wildman–Crippen MR) is 94.9 cm³/mol. The predicted octanol–water partition coefficient (Wildman–Crippen LogP) is 4.02. The first-order valence-electron chi connectivity index (χ1n) is 8.43. The van der Waals surface area contributed by atoms with Gasteiger partial charge in [-0.3, -0.25) is 4.90 Å². The molecule has 0 bridgehead atoms. The highest BCUT2D eigenvalue weighted by Crippen LogP contribution is 2.28. The fraction of sp³-hybridized carbons (Fsp3) is 0.400. The van der Waals surface area contributed by atoms with Gasteiger partial charge < -0.3 is 10.5 Å². The number of aryl methyl sites for hydroxylation is 2. The number of nitrogens with zero attached hydrogens (tertiary/aromatic N) is 1. The average Bonchev–Trinajstić information content (AvgIpc) is 2.55. The standard InChI is InChI=1S/C20H26N2O/c1-15-4-3-5-16(2)20(15)23-19-8-6-17(7-9-19)14-22-12-10-18(21)11-13-22/h3-9,18H,10-14,21H2,1-2H3. The zero-order valence-electron chi connectivity index (χ0n) is 14.1. The van der Waals surface area contributed by atoms with Gasteiger partial charge in [0.1, 0.15) is 11.5 Å². The Hall–Kier alpha value is -1.84. The quantitative estimate of drug-likeness (QED) is 0.927. The molecule has 1 fully saturated rings. The van der Waals surface area contributed by atoms with Crippen molar-refractivity contribution in [2.45, 2.75) is 39.3 Å². The lowest BCUT2D eigenvalue weighted by Crippen LogP contribution is -2.39. The van der Waals surface area contributed by atoms with Crippen LogP contribution >= 0.6 is 0 Å². The van der Waals surface area contributed by atoms with Gasteiger partial charge in [-0.2, -0.15) is 0 Å². The van der Waals surface area contributed by atoms with Crippen LogP contribution in [-0.4, -0.2) is 24.0 Å². The van der Waals surface area contributed by atoms with E-state index < -0.39 is 0 Å². The molecule has 1 aliphatic rings. The Kier molecular flexibility index (Phi) is 4.99. The minimum atomic E-state index is 0.388. The summed E-state index contributed by atoms with van der Waals surface area (Å²) in [6.07, 6.45) is 2.21. The molecule has 0 aromatic heterocycles. The van der Waals surface area contributed by atoms with E-state index in [4.69, 9.17) is 10.5 Å². The molecule has 3 rings (SSSR count). The van der Waals surface area contributed by atoms with Gasteiger partial charge >= 0.3 is 0 Å². The molecular weight excluding hydrogens is 284 g/mol. The minimum Gasteiger partial charge on any atom is -0.457 e. The van der Waals surface area contributed by atoms with Crippen LogP contribution in [0, 0.1) is 13.8 Å². The zero-order chi connectivity index (χ0) is 16.2. The summed E-state index contributed by atoms with van der Waals surface area (Å²) in [6, 6.07) is 15.1. The summed E-state index contributed by atoms with van der Waals surface area (Å²) in [5.74, 6) is 1.86. The molecule has 2 aromatic carbocycles. The number of hydrogen-bond donors (Lipinski definition) is 1. The summed E-state index contributed by atoms with van der Waals surface area (Å²) in [5.41, 5.74) is 9.62. The van der Waals surface area contributed by atoms with Crippen LogP contribution in [0.25, 0.3) is 0 Å². The molecule has 2 aromatic rings. The lowest BCUT2D eigenvalue weighted by Gasteiger charge is -2.30. The van der Waals surface area contributed by atoms with Crippen molar-refractivity contribution < 1.29 is 4.74 Å².